The van der Waals surface area contributed by atoms with Gasteiger partial charge in [-0.15, -0.1) is 0 Å². The third-order valence-corrected chi connectivity index (χ3v) is 3.37. The van der Waals surface area contributed by atoms with Crippen LogP contribution in [0.2, 0.25) is 0 Å². The summed E-state index contributed by atoms with van der Waals surface area (Å²) in [5.41, 5.74) is 1.04. The van der Waals surface area contributed by atoms with Gasteiger partial charge in [-0.1, -0.05) is 18.2 Å². The van der Waals surface area contributed by atoms with Crippen molar-refractivity contribution in [2.75, 3.05) is 0 Å². The Labute approximate surface area is 108 Å². The van der Waals surface area contributed by atoms with E-state index in [-0.39, 0.29) is 18.0 Å². The molecule has 1 atom stereocenters. The predicted molar refractivity (Wildman–Crippen MR) is 71.4 cm³/mol. The number of nitrogens with zero attached hydrogens (tertiary/aromatic N) is 1. The average molecular weight is 247 g/mol. The smallest absolute Gasteiger partial charge is 0.254 e. The molecule has 1 aromatic rings. The molecule has 2 rings (SSSR count). The lowest BCUT2D eigenvalue weighted by atomic mass is 9.93. The predicted octanol–water partition coefficient (Wildman–Crippen LogP) is 2.75. The van der Waals surface area contributed by atoms with E-state index in [0.29, 0.717) is 6.42 Å². The number of fused-ring (bicyclic) bond motifs is 1. The highest BCUT2D eigenvalue weighted by atomic mass is 16.3. The van der Waals surface area contributed by atoms with Crippen LogP contribution in [0.4, 0.5) is 0 Å². The van der Waals surface area contributed by atoms with E-state index < -0.39 is 5.60 Å². The SMILES string of the molecule is CC(C)N1C(=O)c2ccccc2C1CC(C)(C)O. The first kappa shape index (κ1) is 13.1. The summed E-state index contributed by atoms with van der Waals surface area (Å²) in [5.74, 6) is 0.0786. The van der Waals surface area contributed by atoms with Gasteiger partial charge in [-0.05, 0) is 39.3 Å². The first-order valence-corrected chi connectivity index (χ1v) is 6.45. The highest BCUT2D eigenvalue weighted by molar-refractivity contribution is 5.99. The van der Waals surface area contributed by atoms with E-state index in [1.807, 2.05) is 43.0 Å². The molecule has 3 nitrogen and oxygen atoms in total. The van der Waals surface area contributed by atoms with Crippen molar-refractivity contribution in [1.82, 2.24) is 4.90 Å². The first-order chi connectivity index (χ1) is 8.31. The minimum absolute atomic E-state index is 0.0197. The number of rotatable bonds is 3. The van der Waals surface area contributed by atoms with Crippen molar-refractivity contribution in [2.24, 2.45) is 0 Å². The van der Waals surface area contributed by atoms with Gasteiger partial charge in [-0.25, -0.2) is 0 Å². The van der Waals surface area contributed by atoms with E-state index in [1.54, 1.807) is 13.8 Å². The summed E-state index contributed by atoms with van der Waals surface area (Å²) >= 11 is 0. The summed E-state index contributed by atoms with van der Waals surface area (Å²) in [6, 6.07) is 7.82. The van der Waals surface area contributed by atoms with Crippen LogP contribution >= 0.6 is 0 Å². The van der Waals surface area contributed by atoms with Crippen LogP contribution in [0.5, 0.6) is 0 Å². The van der Waals surface area contributed by atoms with E-state index >= 15 is 0 Å². The van der Waals surface area contributed by atoms with Gasteiger partial charge in [0.2, 0.25) is 0 Å². The second-order valence-corrected chi connectivity index (χ2v) is 5.93. The van der Waals surface area contributed by atoms with E-state index in [1.165, 1.54) is 0 Å². The largest absolute Gasteiger partial charge is 0.390 e. The Morgan fingerprint density at radius 2 is 1.94 bits per heavy atom. The zero-order valence-corrected chi connectivity index (χ0v) is 11.5. The second-order valence-electron chi connectivity index (χ2n) is 5.93. The zero-order chi connectivity index (χ0) is 13.5. The molecule has 0 saturated carbocycles. The van der Waals surface area contributed by atoms with E-state index in [2.05, 4.69) is 0 Å². The van der Waals surface area contributed by atoms with E-state index in [9.17, 15) is 9.90 Å². The van der Waals surface area contributed by atoms with Crippen molar-refractivity contribution in [3.05, 3.63) is 35.4 Å². The molecule has 0 radical (unpaired) electrons. The van der Waals surface area contributed by atoms with Crippen LogP contribution in [0.3, 0.4) is 0 Å². The van der Waals surface area contributed by atoms with Crippen molar-refractivity contribution >= 4 is 5.91 Å². The quantitative estimate of drug-likeness (QED) is 0.892. The lowest BCUT2D eigenvalue weighted by Gasteiger charge is -2.32. The molecule has 0 saturated heterocycles. The van der Waals surface area contributed by atoms with Gasteiger partial charge in [0.05, 0.1) is 11.6 Å². The molecule has 0 fully saturated rings. The van der Waals surface area contributed by atoms with Crippen LogP contribution in [0, 0.1) is 0 Å². The summed E-state index contributed by atoms with van der Waals surface area (Å²) < 4.78 is 0. The number of hydrogen-bond acceptors (Lipinski definition) is 2. The molecule has 0 spiro atoms. The van der Waals surface area contributed by atoms with Crippen molar-refractivity contribution in [1.29, 1.82) is 0 Å². The van der Waals surface area contributed by atoms with E-state index in [4.69, 9.17) is 0 Å². The molecule has 1 aliphatic rings. The lowest BCUT2D eigenvalue weighted by Crippen LogP contribution is -2.37. The Morgan fingerprint density at radius 3 is 2.50 bits per heavy atom. The fourth-order valence-electron chi connectivity index (χ4n) is 2.69. The summed E-state index contributed by atoms with van der Waals surface area (Å²) in [6.07, 6.45) is 0.563. The van der Waals surface area contributed by atoms with Crippen LogP contribution in [0.15, 0.2) is 24.3 Å². The normalized spacial score (nSPS) is 19.6. The average Bonchev–Trinajstić information content (AvgIpc) is 2.51. The second kappa shape index (κ2) is 4.39. The summed E-state index contributed by atoms with van der Waals surface area (Å²) in [4.78, 5) is 14.3. The molecular formula is C15H21NO2. The fourth-order valence-corrected chi connectivity index (χ4v) is 2.69. The number of carbonyl (C=O) groups excluding carboxylic acids is 1. The molecule has 1 heterocycles. The van der Waals surface area contributed by atoms with Gasteiger partial charge < -0.3 is 10.0 Å². The van der Waals surface area contributed by atoms with Crippen LogP contribution in [0.25, 0.3) is 0 Å². The molecule has 1 aromatic carbocycles. The number of aliphatic hydroxyl groups is 1. The Morgan fingerprint density at radius 1 is 1.33 bits per heavy atom. The molecule has 1 unspecified atom stereocenters. The molecule has 0 aromatic heterocycles. The van der Waals surface area contributed by atoms with Gasteiger partial charge in [-0.3, -0.25) is 4.79 Å². The summed E-state index contributed by atoms with van der Waals surface area (Å²) in [6.45, 7) is 7.61. The molecule has 1 aliphatic heterocycles. The minimum Gasteiger partial charge on any atom is -0.390 e. The van der Waals surface area contributed by atoms with Crippen LogP contribution in [-0.4, -0.2) is 27.6 Å². The maximum Gasteiger partial charge on any atom is 0.254 e. The van der Waals surface area contributed by atoms with Crippen molar-refractivity contribution in [3.8, 4) is 0 Å². The minimum atomic E-state index is -0.782. The maximum atomic E-state index is 12.4. The fraction of sp³-hybridized carbons (Fsp3) is 0.533. The van der Waals surface area contributed by atoms with Gasteiger partial charge in [0.1, 0.15) is 0 Å². The first-order valence-electron chi connectivity index (χ1n) is 6.45. The Bertz CT molecular complexity index is 460. The highest BCUT2D eigenvalue weighted by Gasteiger charge is 2.39. The molecule has 3 heteroatoms. The summed E-state index contributed by atoms with van der Waals surface area (Å²) in [7, 11) is 0. The van der Waals surface area contributed by atoms with Crippen LogP contribution < -0.4 is 0 Å². The van der Waals surface area contributed by atoms with Gasteiger partial charge in [0.15, 0.2) is 0 Å². The van der Waals surface area contributed by atoms with Crippen molar-refractivity contribution in [3.63, 3.8) is 0 Å². The number of amides is 1. The van der Waals surface area contributed by atoms with Crippen molar-refractivity contribution < 1.29 is 9.90 Å². The molecular weight excluding hydrogens is 226 g/mol. The van der Waals surface area contributed by atoms with Crippen LogP contribution in [-0.2, 0) is 0 Å². The molecule has 98 valence electrons. The van der Waals surface area contributed by atoms with Crippen molar-refractivity contribution in [2.45, 2.75) is 51.8 Å². The number of carbonyl (C=O) groups is 1. The third kappa shape index (κ3) is 2.27. The summed E-state index contributed by atoms with van der Waals surface area (Å²) in [5, 5.41) is 10.1. The highest BCUT2D eigenvalue weighted by Crippen LogP contribution is 2.39. The molecule has 1 amide bonds. The Hall–Kier alpha value is -1.35. The van der Waals surface area contributed by atoms with Crippen LogP contribution in [0.1, 0.15) is 56.1 Å². The van der Waals surface area contributed by atoms with Gasteiger partial charge >= 0.3 is 0 Å². The standard InChI is InChI=1S/C15H21NO2/c1-10(2)16-13(9-15(3,4)18)11-7-5-6-8-12(11)14(16)17/h5-8,10,13,18H,9H2,1-4H3. The maximum absolute atomic E-state index is 12.4. The third-order valence-electron chi connectivity index (χ3n) is 3.37. The topological polar surface area (TPSA) is 40.5 Å². The zero-order valence-electron chi connectivity index (χ0n) is 11.5. The van der Waals surface area contributed by atoms with E-state index in [0.717, 1.165) is 11.1 Å². The lowest BCUT2D eigenvalue weighted by molar-refractivity contribution is 0.0281. The number of hydrogen-bond donors (Lipinski definition) is 1. The number of benzene rings is 1. The Kier molecular flexibility index (Phi) is 3.20. The van der Waals surface area contributed by atoms with Gasteiger partial charge in [0, 0.05) is 18.0 Å². The molecule has 18 heavy (non-hydrogen) atoms. The van der Waals surface area contributed by atoms with Gasteiger partial charge in [-0.2, -0.15) is 0 Å². The molecule has 1 N–H and O–H groups in total. The Balaban J connectivity index is 2.43. The molecule has 0 aliphatic carbocycles. The van der Waals surface area contributed by atoms with Gasteiger partial charge in [0.25, 0.3) is 5.91 Å². The molecule has 0 bridgehead atoms. The monoisotopic (exact) mass is 247 g/mol.